The minimum Gasteiger partial charge on any atom is -0.496 e. The second-order valence-electron chi connectivity index (χ2n) is 5.91. The molecule has 1 N–H and O–H groups in total. The number of benzene rings is 1. The molecule has 3 nitrogen and oxygen atoms in total. The van der Waals surface area contributed by atoms with Crippen molar-refractivity contribution < 1.29 is 14.6 Å². The Labute approximate surface area is 114 Å². The summed E-state index contributed by atoms with van der Waals surface area (Å²) in [6.07, 6.45) is 2.14. The highest BCUT2D eigenvalue weighted by molar-refractivity contribution is 5.75. The molecule has 0 saturated carbocycles. The molecule has 3 heteroatoms. The van der Waals surface area contributed by atoms with Crippen molar-refractivity contribution >= 4 is 5.97 Å². The molecule has 0 amide bonds. The third kappa shape index (κ3) is 2.01. The summed E-state index contributed by atoms with van der Waals surface area (Å²) in [4.78, 5) is 11.5. The zero-order valence-electron chi connectivity index (χ0n) is 12.4. The number of fused-ring (bicyclic) bond motifs is 1. The lowest BCUT2D eigenvalue weighted by molar-refractivity contribution is -0.148. The van der Waals surface area contributed by atoms with Crippen LogP contribution < -0.4 is 4.74 Å². The summed E-state index contributed by atoms with van der Waals surface area (Å²) < 4.78 is 5.51. The summed E-state index contributed by atoms with van der Waals surface area (Å²) in [5.41, 5.74) is 5.36. The normalized spacial score (nSPS) is 21.9. The molecule has 1 unspecified atom stereocenters. The lowest BCUT2D eigenvalue weighted by Gasteiger charge is -2.34. The molecule has 0 radical (unpaired) electrons. The van der Waals surface area contributed by atoms with Crippen molar-refractivity contribution in [1.29, 1.82) is 0 Å². The molecule has 1 aliphatic carbocycles. The number of hydrogen-bond donors (Lipinski definition) is 1. The first-order valence-corrected chi connectivity index (χ1v) is 6.70. The molecule has 1 aromatic rings. The van der Waals surface area contributed by atoms with Crippen LogP contribution in [-0.4, -0.2) is 18.2 Å². The SMILES string of the molecule is COc1c(C)c(C)c2c(c1C)CCC(C)(C(=O)O)C2. The standard InChI is InChI=1S/C16H22O3/c1-9-10(2)14(19-5)11(3)12-6-7-16(4,15(17)18)8-13(9)12/h6-8H2,1-5H3,(H,17,18). The van der Waals surface area contributed by atoms with Gasteiger partial charge in [-0.05, 0) is 74.8 Å². The highest BCUT2D eigenvalue weighted by Gasteiger charge is 2.38. The van der Waals surface area contributed by atoms with Crippen molar-refractivity contribution in [2.24, 2.45) is 5.41 Å². The smallest absolute Gasteiger partial charge is 0.309 e. The van der Waals surface area contributed by atoms with Crippen molar-refractivity contribution in [2.75, 3.05) is 7.11 Å². The lowest BCUT2D eigenvalue weighted by atomic mass is 9.70. The molecule has 0 saturated heterocycles. The van der Waals surface area contributed by atoms with Gasteiger partial charge in [0, 0.05) is 0 Å². The van der Waals surface area contributed by atoms with Crippen molar-refractivity contribution in [2.45, 2.75) is 47.0 Å². The molecule has 1 aliphatic rings. The van der Waals surface area contributed by atoms with E-state index in [0.29, 0.717) is 12.8 Å². The molecule has 104 valence electrons. The van der Waals surface area contributed by atoms with E-state index < -0.39 is 11.4 Å². The Balaban J connectivity index is 2.61. The van der Waals surface area contributed by atoms with Gasteiger partial charge in [0.2, 0.25) is 0 Å². The van der Waals surface area contributed by atoms with Crippen molar-refractivity contribution in [3.8, 4) is 5.75 Å². The molecule has 1 aromatic carbocycles. The van der Waals surface area contributed by atoms with E-state index in [2.05, 4.69) is 13.8 Å². The highest BCUT2D eigenvalue weighted by atomic mass is 16.5. The maximum Gasteiger partial charge on any atom is 0.309 e. The predicted molar refractivity (Wildman–Crippen MR) is 75.0 cm³/mol. The average molecular weight is 262 g/mol. The largest absolute Gasteiger partial charge is 0.496 e. The van der Waals surface area contributed by atoms with Gasteiger partial charge in [-0.2, -0.15) is 0 Å². The van der Waals surface area contributed by atoms with E-state index in [0.717, 1.165) is 17.7 Å². The van der Waals surface area contributed by atoms with Gasteiger partial charge in [0.15, 0.2) is 0 Å². The van der Waals surface area contributed by atoms with Gasteiger partial charge in [-0.25, -0.2) is 0 Å². The third-order valence-electron chi connectivity index (χ3n) is 4.73. The van der Waals surface area contributed by atoms with E-state index in [-0.39, 0.29) is 0 Å². The van der Waals surface area contributed by atoms with Crippen LogP contribution in [0.1, 0.15) is 41.2 Å². The summed E-state index contributed by atoms with van der Waals surface area (Å²) >= 11 is 0. The maximum atomic E-state index is 11.5. The fourth-order valence-electron chi connectivity index (χ4n) is 3.21. The van der Waals surface area contributed by atoms with Crippen LogP contribution in [-0.2, 0) is 17.6 Å². The van der Waals surface area contributed by atoms with Gasteiger partial charge in [-0.15, -0.1) is 0 Å². The summed E-state index contributed by atoms with van der Waals surface area (Å²) in [5, 5.41) is 9.43. The first-order chi connectivity index (χ1) is 8.81. The van der Waals surface area contributed by atoms with E-state index in [1.165, 1.54) is 22.3 Å². The molecule has 0 aliphatic heterocycles. The number of methoxy groups -OCH3 is 1. The summed E-state index contributed by atoms with van der Waals surface area (Å²) in [6.45, 7) is 8.05. The van der Waals surface area contributed by atoms with Gasteiger partial charge in [-0.1, -0.05) is 0 Å². The van der Waals surface area contributed by atoms with Gasteiger partial charge in [0.05, 0.1) is 12.5 Å². The van der Waals surface area contributed by atoms with Gasteiger partial charge in [-0.3, -0.25) is 4.79 Å². The fourth-order valence-corrected chi connectivity index (χ4v) is 3.21. The molecule has 0 aromatic heterocycles. The Morgan fingerprint density at radius 1 is 1.16 bits per heavy atom. The zero-order chi connectivity index (χ0) is 14.4. The van der Waals surface area contributed by atoms with Crippen LogP contribution in [0.15, 0.2) is 0 Å². The van der Waals surface area contributed by atoms with Crippen LogP contribution in [0.2, 0.25) is 0 Å². The van der Waals surface area contributed by atoms with Gasteiger partial charge < -0.3 is 9.84 Å². The summed E-state index contributed by atoms with van der Waals surface area (Å²) in [7, 11) is 1.70. The number of rotatable bonds is 2. The topological polar surface area (TPSA) is 46.5 Å². The van der Waals surface area contributed by atoms with Crippen molar-refractivity contribution in [1.82, 2.24) is 0 Å². The van der Waals surface area contributed by atoms with E-state index in [9.17, 15) is 9.90 Å². The summed E-state index contributed by atoms with van der Waals surface area (Å²) in [5.74, 6) is 0.263. The minimum atomic E-state index is -0.691. The summed E-state index contributed by atoms with van der Waals surface area (Å²) in [6, 6.07) is 0. The Morgan fingerprint density at radius 2 is 1.79 bits per heavy atom. The highest BCUT2D eigenvalue weighted by Crippen LogP contribution is 2.42. The lowest BCUT2D eigenvalue weighted by Crippen LogP contribution is -2.34. The van der Waals surface area contributed by atoms with Crippen molar-refractivity contribution in [3.05, 3.63) is 27.8 Å². The molecule has 2 rings (SSSR count). The van der Waals surface area contributed by atoms with E-state index in [1.54, 1.807) is 7.11 Å². The number of carboxylic acids is 1. The van der Waals surface area contributed by atoms with Crippen molar-refractivity contribution in [3.63, 3.8) is 0 Å². The Morgan fingerprint density at radius 3 is 2.32 bits per heavy atom. The molecule has 0 heterocycles. The molecule has 0 bridgehead atoms. The zero-order valence-corrected chi connectivity index (χ0v) is 12.4. The number of carboxylic acid groups (broad SMARTS) is 1. The van der Waals surface area contributed by atoms with Crippen LogP contribution in [0.5, 0.6) is 5.75 Å². The number of carbonyl (C=O) groups is 1. The molecule has 0 spiro atoms. The Bertz CT molecular complexity index is 546. The van der Waals surface area contributed by atoms with E-state index >= 15 is 0 Å². The number of hydrogen-bond acceptors (Lipinski definition) is 2. The van der Waals surface area contributed by atoms with Crippen LogP contribution in [0.25, 0.3) is 0 Å². The van der Waals surface area contributed by atoms with E-state index in [1.807, 2.05) is 13.8 Å². The Kier molecular flexibility index (Phi) is 3.33. The van der Waals surface area contributed by atoms with Gasteiger partial charge in [0.1, 0.15) is 5.75 Å². The Hall–Kier alpha value is -1.51. The third-order valence-corrected chi connectivity index (χ3v) is 4.73. The van der Waals surface area contributed by atoms with E-state index in [4.69, 9.17) is 4.74 Å². The first kappa shape index (κ1) is 13.9. The molecular formula is C16H22O3. The first-order valence-electron chi connectivity index (χ1n) is 6.70. The minimum absolute atomic E-state index is 0.620. The molecule has 19 heavy (non-hydrogen) atoms. The van der Waals surface area contributed by atoms with Crippen LogP contribution in [0, 0.1) is 26.2 Å². The average Bonchev–Trinajstić information content (AvgIpc) is 2.36. The quantitative estimate of drug-likeness (QED) is 0.890. The molecule has 0 fully saturated rings. The van der Waals surface area contributed by atoms with Gasteiger partial charge >= 0.3 is 5.97 Å². The van der Waals surface area contributed by atoms with Crippen LogP contribution in [0.3, 0.4) is 0 Å². The number of ether oxygens (including phenoxy) is 1. The van der Waals surface area contributed by atoms with Gasteiger partial charge in [0.25, 0.3) is 0 Å². The predicted octanol–water partition coefficient (Wildman–Crippen LogP) is 3.20. The molecule has 1 atom stereocenters. The molecular weight excluding hydrogens is 240 g/mol. The number of aliphatic carboxylic acids is 1. The second-order valence-corrected chi connectivity index (χ2v) is 5.91. The van der Waals surface area contributed by atoms with Crippen LogP contribution >= 0.6 is 0 Å². The second kappa shape index (κ2) is 4.55. The monoisotopic (exact) mass is 262 g/mol. The maximum absolute atomic E-state index is 11.5. The fraction of sp³-hybridized carbons (Fsp3) is 0.562. The van der Waals surface area contributed by atoms with Crippen LogP contribution in [0.4, 0.5) is 0 Å².